The normalized spacial score (nSPS) is 21.9. The van der Waals surface area contributed by atoms with Crippen molar-refractivity contribution in [2.24, 2.45) is 0 Å². The lowest BCUT2D eigenvalue weighted by molar-refractivity contribution is -0.138. The van der Waals surface area contributed by atoms with Gasteiger partial charge in [0.2, 0.25) is 11.8 Å². The first kappa shape index (κ1) is 30.5. The summed E-state index contributed by atoms with van der Waals surface area (Å²) < 4.78 is 61.1. The highest BCUT2D eigenvalue weighted by Gasteiger charge is 2.64. The van der Waals surface area contributed by atoms with Crippen LogP contribution in [0.15, 0.2) is 59.6 Å². The van der Waals surface area contributed by atoms with Gasteiger partial charge in [-0.15, -0.1) is 0 Å². The zero-order valence-corrected chi connectivity index (χ0v) is 25.6. The monoisotopic (exact) mass is 632 g/mol. The van der Waals surface area contributed by atoms with E-state index in [9.17, 15) is 13.2 Å². The van der Waals surface area contributed by atoms with Crippen molar-refractivity contribution in [2.45, 2.75) is 29.1 Å². The van der Waals surface area contributed by atoms with E-state index >= 15 is 9.18 Å². The Balaban J connectivity index is 1.86. The fourth-order valence-electron chi connectivity index (χ4n) is 5.88. The molecule has 1 unspecified atom stereocenters. The lowest BCUT2D eigenvalue weighted by Gasteiger charge is -2.41. The van der Waals surface area contributed by atoms with E-state index in [0.29, 0.717) is 10.1 Å². The van der Waals surface area contributed by atoms with Crippen molar-refractivity contribution in [2.75, 3.05) is 46.3 Å². The third-order valence-corrected chi connectivity index (χ3v) is 9.68. The van der Waals surface area contributed by atoms with E-state index in [1.165, 1.54) is 87.8 Å². The molecule has 1 fully saturated rings. The van der Waals surface area contributed by atoms with E-state index in [2.05, 4.69) is 4.98 Å². The standard InChI is InChI=1S/C29H30ClFN4O7S/c1-33(2)27(36)23-14-18(31)16-34(23)29(20-7-6-12-32-26(20)42-5)21-13-17(30)8-10-22(21)35(28(29)37)43(38,39)25-11-9-19(40-3)15-24(25)41-4/h6-13,15,18,23H,14,16H2,1-5H3/t18-,23-,29?/m0/s1. The first-order valence-corrected chi connectivity index (χ1v) is 15.0. The molecule has 0 radical (unpaired) electrons. The van der Waals surface area contributed by atoms with E-state index in [1.807, 2.05) is 0 Å². The molecule has 2 aliphatic heterocycles. The average Bonchev–Trinajstić information content (AvgIpc) is 3.50. The molecule has 1 saturated heterocycles. The molecule has 5 rings (SSSR count). The molecule has 1 aromatic heterocycles. The second-order valence-corrected chi connectivity index (χ2v) is 12.4. The number of sulfonamides is 1. The largest absolute Gasteiger partial charge is 0.497 e. The van der Waals surface area contributed by atoms with Crippen molar-refractivity contribution < 1.29 is 36.6 Å². The summed E-state index contributed by atoms with van der Waals surface area (Å²) in [6.07, 6.45) is -0.282. The summed E-state index contributed by atoms with van der Waals surface area (Å²) in [6, 6.07) is 10.3. The maximum absolute atomic E-state index is 15.4. The summed E-state index contributed by atoms with van der Waals surface area (Å²) in [5.41, 5.74) is -1.87. The highest BCUT2D eigenvalue weighted by molar-refractivity contribution is 7.93. The van der Waals surface area contributed by atoms with Crippen molar-refractivity contribution >= 4 is 39.1 Å². The molecule has 43 heavy (non-hydrogen) atoms. The van der Waals surface area contributed by atoms with Crippen LogP contribution < -0.4 is 18.5 Å². The highest BCUT2D eigenvalue weighted by atomic mass is 35.5. The molecular weight excluding hydrogens is 603 g/mol. The van der Waals surface area contributed by atoms with Crippen molar-refractivity contribution in [3.8, 4) is 17.4 Å². The lowest BCUT2D eigenvalue weighted by atomic mass is 9.81. The number of methoxy groups -OCH3 is 3. The minimum Gasteiger partial charge on any atom is -0.497 e. The number of carbonyl (C=O) groups is 2. The number of fused-ring (bicyclic) bond motifs is 1. The van der Waals surface area contributed by atoms with Gasteiger partial charge in [-0.25, -0.2) is 22.1 Å². The Labute approximate surface area is 253 Å². The van der Waals surface area contributed by atoms with Gasteiger partial charge in [0.05, 0.1) is 33.1 Å². The third kappa shape index (κ3) is 4.66. The van der Waals surface area contributed by atoms with Crippen molar-refractivity contribution in [3.63, 3.8) is 0 Å². The molecule has 0 aliphatic carbocycles. The van der Waals surface area contributed by atoms with Gasteiger partial charge in [0.1, 0.15) is 22.6 Å². The quantitative estimate of drug-likeness (QED) is 0.369. The number of nitrogens with zero attached hydrogens (tertiary/aromatic N) is 4. The predicted molar refractivity (Wildman–Crippen MR) is 156 cm³/mol. The fraction of sp³-hybridized carbons (Fsp3) is 0.345. The minimum absolute atomic E-state index is 0.0126. The number of likely N-dealkylation sites (N-methyl/N-ethyl adjacent to an activating group) is 1. The van der Waals surface area contributed by atoms with E-state index in [4.69, 9.17) is 25.8 Å². The number of anilines is 1. The van der Waals surface area contributed by atoms with E-state index in [1.54, 1.807) is 12.1 Å². The number of rotatable bonds is 8. The van der Waals surface area contributed by atoms with Gasteiger partial charge < -0.3 is 19.1 Å². The smallest absolute Gasteiger partial charge is 0.274 e. The predicted octanol–water partition coefficient (Wildman–Crippen LogP) is 3.24. The maximum atomic E-state index is 15.4. The molecule has 3 heterocycles. The van der Waals surface area contributed by atoms with E-state index in [-0.39, 0.29) is 51.3 Å². The van der Waals surface area contributed by atoms with Crippen LogP contribution in [-0.2, 0) is 25.2 Å². The van der Waals surface area contributed by atoms with Crippen LogP contribution in [0.1, 0.15) is 17.5 Å². The number of alkyl halides is 1. The van der Waals surface area contributed by atoms with Gasteiger partial charge >= 0.3 is 0 Å². The second kappa shape index (κ2) is 11.3. The fourth-order valence-corrected chi connectivity index (χ4v) is 7.65. The van der Waals surface area contributed by atoms with Crippen LogP contribution in [0.25, 0.3) is 0 Å². The Morgan fingerprint density at radius 3 is 2.47 bits per heavy atom. The number of likely N-dealkylation sites (tertiary alicyclic amines) is 1. The Morgan fingerprint density at radius 1 is 1.07 bits per heavy atom. The van der Waals surface area contributed by atoms with Gasteiger partial charge in [0.25, 0.3) is 15.9 Å². The summed E-state index contributed by atoms with van der Waals surface area (Å²) in [7, 11) is 2.41. The molecule has 0 N–H and O–H groups in total. The molecule has 11 nitrogen and oxygen atoms in total. The number of hydrogen-bond acceptors (Lipinski definition) is 9. The SMILES string of the molecule is COc1ccc(S(=O)(=O)N2C(=O)C(c3cccnc3OC)(N3C[C@@H](F)C[C@H]3C(=O)N(C)C)c3cc(Cl)ccc32)c(OC)c1. The van der Waals surface area contributed by atoms with Gasteiger partial charge in [-0.2, -0.15) is 0 Å². The van der Waals surface area contributed by atoms with Crippen LogP contribution in [0.4, 0.5) is 10.1 Å². The first-order valence-electron chi connectivity index (χ1n) is 13.2. The summed E-state index contributed by atoms with van der Waals surface area (Å²) in [4.78, 5) is 35.3. The molecule has 228 valence electrons. The summed E-state index contributed by atoms with van der Waals surface area (Å²) >= 11 is 6.48. The molecule has 2 aliphatic rings. The number of benzene rings is 2. The average molecular weight is 633 g/mol. The van der Waals surface area contributed by atoms with Gasteiger partial charge in [0.15, 0.2) is 5.54 Å². The summed E-state index contributed by atoms with van der Waals surface area (Å²) in [6.45, 7) is -0.361. The van der Waals surface area contributed by atoms with Gasteiger partial charge in [-0.3, -0.25) is 14.5 Å². The van der Waals surface area contributed by atoms with E-state index < -0.39 is 39.6 Å². The van der Waals surface area contributed by atoms with E-state index in [0.717, 1.165) is 0 Å². The van der Waals surface area contributed by atoms with Gasteiger partial charge in [-0.1, -0.05) is 11.6 Å². The molecule has 0 spiro atoms. The molecular formula is C29H30ClFN4O7S. The molecule has 0 bridgehead atoms. The Bertz CT molecular complexity index is 1710. The summed E-state index contributed by atoms with van der Waals surface area (Å²) in [5.74, 6) is -1.19. The number of carbonyl (C=O) groups excluding carboxylic acids is 2. The van der Waals surface area contributed by atoms with Crippen LogP contribution >= 0.6 is 11.6 Å². The molecule has 2 aromatic carbocycles. The van der Waals surface area contributed by atoms with Crippen LogP contribution in [0.3, 0.4) is 0 Å². The van der Waals surface area contributed by atoms with Crippen molar-refractivity contribution in [1.82, 2.24) is 14.8 Å². The third-order valence-electron chi connectivity index (χ3n) is 7.71. The van der Waals surface area contributed by atoms with Crippen molar-refractivity contribution in [3.05, 3.63) is 70.9 Å². The molecule has 3 aromatic rings. The van der Waals surface area contributed by atoms with Crippen LogP contribution in [0, 0.1) is 0 Å². The lowest BCUT2D eigenvalue weighted by Crippen LogP contribution is -2.59. The topological polar surface area (TPSA) is 119 Å². The number of aromatic nitrogens is 1. The second-order valence-electron chi connectivity index (χ2n) is 10.3. The maximum Gasteiger partial charge on any atom is 0.274 e. The molecule has 0 saturated carbocycles. The minimum atomic E-state index is -4.69. The zero-order chi connectivity index (χ0) is 31.3. The Hall–Kier alpha value is -3.94. The molecule has 3 atom stereocenters. The van der Waals surface area contributed by atoms with Crippen LogP contribution in [0.2, 0.25) is 5.02 Å². The number of pyridine rings is 1. The Kier molecular flexibility index (Phi) is 8.01. The number of halogens is 2. The zero-order valence-electron chi connectivity index (χ0n) is 24.1. The highest BCUT2D eigenvalue weighted by Crippen LogP contribution is 2.55. The van der Waals surface area contributed by atoms with Crippen LogP contribution in [0.5, 0.6) is 17.4 Å². The molecule has 14 heteroatoms. The Morgan fingerprint density at radius 2 is 1.81 bits per heavy atom. The number of ether oxygens (including phenoxy) is 3. The first-order chi connectivity index (χ1) is 20.4. The van der Waals surface area contributed by atoms with Crippen LogP contribution in [-0.4, -0.2) is 89.2 Å². The molecule has 2 amide bonds. The summed E-state index contributed by atoms with van der Waals surface area (Å²) in [5, 5.41) is 0.187. The number of hydrogen-bond donors (Lipinski definition) is 0. The van der Waals surface area contributed by atoms with Gasteiger partial charge in [-0.05, 0) is 42.5 Å². The number of amides is 2. The van der Waals surface area contributed by atoms with Gasteiger partial charge in [0, 0.05) is 55.5 Å². The van der Waals surface area contributed by atoms with Crippen molar-refractivity contribution in [1.29, 1.82) is 0 Å².